The molecule has 2 saturated heterocycles. The minimum atomic E-state index is -0.430. The molecule has 6 rings (SSSR count). The highest BCUT2D eigenvalue weighted by atomic mass is 19.1. The van der Waals surface area contributed by atoms with Gasteiger partial charge in [-0.2, -0.15) is 10.4 Å². The number of rotatable bonds is 7. The van der Waals surface area contributed by atoms with Crippen LogP contribution in [0.15, 0.2) is 49.1 Å². The Morgan fingerprint density at radius 2 is 2.09 bits per heavy atom. The zero-order valence-electron chi connectivity index (χ0n) is 24.1. The van der Waals surface area contributed by atoms with E-state index in [2.05, 4.69) is 26.7 Å². The quantitative estimate of drug-likeness (QED) is 0.336. The average molecular weight is 585 g/mol. The van der Waals surface area contributed by atoms with Crippen molar-refractivity contribution in [2.24, 2.45) is 0 Å². The van der Waals surface area contributed by atoms with Crippen LogP contribution in [0.5, 0.6) is 5.75 Å². The number of carbonyl (C=O) groups excluding carboxylic acids is 1. The van der Waals surface area contributed by atoms with Gasteiger partial charge in [-0.05, 0) is 50.5 Å². The number of nitrogens with zero attached hydrogens (tertiary/aromatic N) is 6. The molecule has 4 aromatic rings. The van der Waals surface area contributed by atoms with Gasteiger partial charge in [-0.1, -0.05) is 6.07 Å². The zero-order valence-corrected chi connectivity index (χ0v) is 24.1. The smallest absolute Gasteiger partial charge is 0.252 e. The highest BCUT2D eigenvalue weighted by Crippen LogP contribution is 2.31. The summed E-state index contributed by atoms with van der Waals surface area (Å²) in [5.41, 5.74) is 2.99. The van der Waals surface area contributed by atoms with Crippen LogP contribution in [0.25, 0.3) is 16.8 Å². The Morgan fingerprint density at radius 3 is 2.81 bits per heavy atom. The van der Waals surface area contributed by atoms with Gasteiger partial charge in [0.2, 0.25) is 0 Å². The van der Waals surface area contributed by atoms with Gasteiger partial charge in [0.15, 0.2) is 0 Å². The lowest BCUT2D eigenvalue weighted by atomic mass is 9.89. The minimum Gasteiger partial charge on any atom is -0.489 e. The van der Waals surface area contributed by atoms with E-state index in [0.29, 0.717) is 72.8 Å². The zero-order chi connectivity index (χ0) is 30.0. The fraction of sp³-hybridized carbons (Fsp3) is 0.387. The van der Waals surface area contributed by atoms with E-state index < -0.39 is 11.4 Å². The molecule has 12 heteroatoms. The van der Waals surface area contributed by atoms with E-state index in [1.54, 1.807) is 36.1 Å². The molecule has 2 N–H and O–H groups in total. The molecule has 1 atom stereocenters. The summed E-state index contributed by atoms with van der Waals surface area (Å²) in [6.07, 6.45) is 8.02. The molecule has 1 aromatic carbocycles. The number of benzene rings is 1. The first-order chi connectivity index (χ1) is 20.8. The maximum absolute atomic E-state index is 13.7. The summed E-state index contributed by atoms with van der Waals surface area (Å²) >= 11 is 0. The number of aryl methyl sites for hydroxylation is 1. The minimum absolute atomic E-state index is 0.0514. The number of anilines is 1. The topological polar surface area (TPSA) is 130 Å². The number of aromatic nitrogens is 4. The summed E-state index contributed by atoms with van der Waals surface area (Å²) in [6, 6.07) is 8.31. The predicted octanol–water partition coefficient (Wildman–Crippen LogP) is 3.27. The molecule has 0 aliphatic carbocycles. The first-order valence-electron chi connectivity index (χ1n) is 14.3. The van der Waals surface area contributed by atoms with Crippen molar-refractivity contribution in [3.05, 3.63) is 71.6 Å². The van der Waals surface area contributed by atoms with Crippen LogP contribution in [-0.4, -0.2) is 76.5 Å². The largest absolute Gasteiger partial charge is 0.489 e. The van der Waals surface area contributed by atoms with Crippen molar-refractivity contribution in [3.8, 4) is 23.1 Å². The number of morpholine rings is 1. The molecular formula is C31H33FN8O3. The first kappa shape index (κ1) is 28.5. The van der Waals surface area contributed by atoms with Gasteiger partial charge in [0.1, 0.15) is 36.2 Å². The molecule has 11 nitrogen and oxygen atoms in total. The van der Waals surface area contributed by atoms with Crippen molar-refractivity contribution in [2.45, 2.75) is 38.3 Å². The number of carbonyl (C=O) groups is 1. The van der Waals surface area contributed by atoms with Gasteiger partial charge in [0.25, 0.3) is 5.91 Å². The molecule has 43 heavy (non-hydrogen) atoms. The second-order valence-electron chi connectivity index (χ2n) is 11.3. The normalized spacial score (nSPS) is 18.3. The first-order valence-corrected chi connectivity index (χ1v) is 14.3. The predicted molar refractivity (Wildman–Crippen MR) is 157 cm³/mol. The molecule has 0 unspecified atom stereocenters. The molecule has 5 heterocycles. The maximum Gasteiger partial charge on any atom is 0.252 e. The van der Waals surface area contributed by atoms with Crippen molar-refractivity contribution < 1.29 is 18.7 Å². The second-order valence-corrected chi connectivity index (χ2v) is 11.3. The molecule has 1 amide bonds. The molecule has 2 aliphatic rings. The molecule has 2 fully saturated rings. The van der Waals surface area contributed by atoms with E-state index in [9.17, 15) is 14.4 Å². The Kier molecular flexibility index (Phi) is 7.92. The van der Waals surface area contributed by atoms with Crippen LogP contribution in [0.2, 0.25) is 0 Å². The van der Waals surface area contributed by atoms with E-state index >= 15 is 0 Å². The van der Waals surface area contributed by atoms with Crippen molar-refractivity contribution in [2.75, 3.05) is 44.3 Å². The van der Waals surface area contributed by atoms with Crippen LogP contribution in [0.4, 0.5) is 10.2 Å². The number of hydrogen-bond acceptors (Lipinski definition) is 9. The SMILES string of the molecule is Cc1ccc(F)cc1C(=O)NC1(C)CCN(c2cnc(-c3cc(OC[C@H]4CNCCO4)cn4ncc(C#N)c34)cn2)CC1. The Morgan fingerprint density at radius 1 is 1.26 bits per heavy atom. The van der Waals surface area contributed by atoms with Crippen LogP contribution < -0.4 is 20.3 Å². The van der Waals surface area contributed by atoms with Crippen molar-refractivity contribution in [1.29, 1.82) is 5.26 Å². The Balaban J connectivity index is 1.16. The van der Waals surface area contributed by atoms with Crippen LogP contribution in [0.1, 0.15) is 41.3 Å². The van der Waals surface area contributed by atoms with Gasteiger partial charge in [0, 0.05) is 42.8 Å². The molecule has 0 radical (unpaired) electrons. The number of nitriles is 1. The Hall–Kier alpha value is -4.60. The molecule has 222 valence electrons. The number of halogens is 1. The number of hydrogen-bond donors (Lipinski definition) is 2. The molecule has 0 saturated carbocycles. The van der Waals surface area contributed by atoms with Crippen LogP contribution in [-0.2, 0) is 4.74 Å². The number of amides is 1. The summed E-state index contributed by atoms with van der Waals surface area (Å²) in [6.45, 7) is 7.72. The van der Waals surface area contributed by atoms with Gasteiger partial charge < -0.3 is 25.0 Å². The van der Waals surface area contributed by atoms with Gasteiger partial charge in [0.05, 0.1) is 48.2 Å². The van der Waals surface area contributed by atoms with Crippen LogP contribution in [0, 0.1) is 24.1 Å². The lowest BCUT2D eigenvalue weighted by molar-refractivity contribution is 0.000107. The number of ether oxygens (including phenoxy) is 2. The lowest BCUT2D eigenvalue weighted by Gasteiger charge is -2.40. The van der Waals surface area contributed by atoms with Crippen molar-refractivity contribution >= 4 is 17.2 Å². The van der Waals surface area contributed by atoms with Gasteiger partial charge >= 0.3 is 0 Å². The standard InChI is InChI=1S/C31H33FN8O3/c1-20-3-4-22(32)11-25(20)30(41)38-31(2)5-8-39(9-6-31)28-17-35-27(16-36-28)26-12-23(43-19-24-15-34-7-10-42-24)18-40-29(26)21(13-33)14-37-40/h3-4,11-12,14,16-18,24,34H,5-10,15,19H2,1-2H3,(H,38,41)/t24-/m1/s1. The highest BCUT2D eigenvalue weighted by molar-refractivity contribution is 5.96. The third-order valence-corrected chi connectivity index (χ3v) is 8.11. The third kappa shape index (κ3) is 6.14. The lowest BCUT2D eigenvalue weighted by Crippen LogP contribution is -2.53. The average Bonchev–Trinajstić information content (AvgIpc) is 3.45. The van der Waals surface area contributed by atoms with E-state index in [1.807, 2.05) is 13.0 Å². The molecule has 2 aliphatic heterocycles. The van der Waals surface area contributed by atoms with E-state index in [4.69, 9.17) is 19.4 Å². The molecule has 0 bridgehead atoms. The fourth-order valence-electron chi connectivity index (χ4n) is 5.53. The van der Waals surface area contributed by atoms with Crippen molar-refractivity contribution in [3.63, 3.8) is 0 Å². The maximum atomic E-state index is 13.7. The summed E-state index contributed by atoms with van der Waals surface area (Å²) in [7, 11) is 0. The van der Waals surface area contributed by atoms with Gasteiger partial charge in [-0.25, -0.2) is 13.9 Å². The monoisotopic (exact) mass is 584 g/mol. The molecule has 0 spiro atoms. The van der Waals surface area contributed by atoms with E-state index in [0.717, 1.165) is 24.5 Å². The van der Waals surface area contributed by atoms with Crippen molar-refractivity contribution in [1.82, 2.24) is 30.2 Å². The highest BCUT2D eigenvalue weighted by Gasteiger charge is 2.33. The molecule has 3 aromatic heterocycles. The van der Waals surface area contributed by atoms with Crippen LogP contribution in [0.3, 0.4) is 0 Å². The van der Waals surface area contributed by atoms with Gasteiger partial charge in [-0.15, -0.1) is 0 Å². The number of nitrogens with one attached hydrogen (secondary N) is 2. The van der Waals surface area contributed by atoms with E-state index in [1.165, 1.54) is 18.3 Å². The van der Waals surface area contributed by atoms with E-state index in [-0.39, 0.29) is 12.0 Å². The fourth-order valence-corrected chi connectivity index (χ4v) is 5.53. The second kappa shape index (κ2) is 11.9. The van der Waals surface area contributed by atoms with Crippen LogP contribution >= 0.6 is 0 Å². The number of fused-ring (bicyclic) bond motifs is 1. The third-order valence-electron chi connectivity index (χ3n) is 8.11. The number of piperidine rings is 1. The summed E-state index contributed by atoms with van der Waals surface area (Å²) in [5, 5.41) is 20.5. The molecular weight excluding hydrogens is 551 g/mol. The summed E-state index contributed by atoms with van der Waals surface area (Å²) < 4.78 is 27.2. The van der Waals surface area contributed by atoms with Gasteiger partial charge in [-0.3, -0.25) is 9.78 Å². The Labute approximate surface area is 248 Å². The number of pyridine rings is 1. The summed E-state index contributed by atoms with van der Waals surface area (Å²) in [4.78, 5) is 24.5. The summed E-state index contributed by atoms with van der Waals surface area (Å²) in [5.74, 6) is 0.606. The Bertz CT molecular complexity index is 1670.